The van der Waals surface area contributed by atoms with Crippen molar-refractivity contribution in [2.45, 2.75) is 121 Å². The Balaban J connectivity index is 1.85. The highest BCUT2D eigenvalue weighted by Crippen LogP contribution is 2.23. The highest BCUT2D eigenvalue weighted by molar-refractivity contribution is 7.85. The van der Waals surface area contributed by atoms with Gasteiger partial charge in [0.1, 0.15) is 0 Å². The van der Waals surface area contributed by atoms with E-state index in [0.29, 0.717) is 0 Å². The molecule has 2 nitrogen and oxygen atoms in total. The molecule has 0 spiro atoms. The van der Waals surface area contributed by atoms with Gasteiger partial charge in [-0.25, -0.2) is 0 Å². The van der Waals surface area contributed by atoms with Crippen molar-refractivity contribution in [1.29, 1.82) is 0 Å². The Labute approximate surface area is 147 Å². The van der Waals surface area contributed by atoms with E-state index < -0.39 is 10.8 Å². The molecule has 0 unspecified atom stereocenters. The topological polar surface area (TPSA) is 37.3 Å². The maximum atomic E-state index is 12.2. The number of aliphatic hydroxyl groups is 1. The molecule has 0 aromatic carbocycles. The zero-order chi connectivity index (χ0) is 16.8. The Kier molecular flexibility index (Phi) is 13.3. The summed E-state index contributed by atoms with van der Waals surface area (Å²) < 4.78 is 12.2. The molecule has 1 aliphatic rings. The van der Waals surface area contributed by atoms with Gasteiger partial charge in [0.15, 0.2) is 0 Å². The first-order valence-corrected chi connectivity index (χ1v) is 11.7. The van der Waals surface area contributed by atoms with Gasteiger partial charge in [-0.05, 0) is 19.3 Å². The average molecular weight is 345 g/mol. The van der Waals surface area contributed by atoms with Gasteiger partial charge < -0.3 is 5.11 Å². The van der Waals surface area contributed by atoms with E-state index in [0.717, 1.165) is 37.9 Å². The van der Waals surface area contributed by atoms with Crippen molar-refractivity contribution in [3.8, 4) is 0 Å². The lowest BCUT2D eigenvalue weighted by molar-refractivity contribution is 0.135. The minimum absolute atomic E-state index is 0.0662. The van der Waals surface area contributed by atoms with Crippen LogP contribution in [0.25, 0.3) is 0 Å². The number of rotatable bonds is 14. The first kappa shape index (κ1) is 21.2. The van der Waals surface area contributed by atoms with Crippen molar-refractivity contribution in [3.63, 3.8) is 0 Å². The Morgan fingerprint density at radius 3 is 1.78 bits per heavy atom. The maximum Gasteiger partial charge on any atom is 0.0683 e. The van der Waals surface area contributed by atoms with Gasteiger partial charge in [-0.15, -0.1) is 0 Å². The SMILES string of the molecule is CCCCCCCCCCCCCC[S@](=O)[C@H]1CCCC[C@@H]1O. The van der Waals surface area contributed by atoms with Gasteiger partial charge in [0, 0.05) is 16.6 Å². The molecule has 0 amide bonds. The first-order valence-electron chi connectivity index (χ1n) is 10.3. The average Bonchev–Trinajstić information content (AvgIpc) is 2.56. The number of hydrogen-bond acceptors (Lipinski definition) is 2. The van der Waals surface area contributed by atoms with Crippen molar-refractivity contribution in [1.82, 2.24) is 0 Å². The fourth-order valence-electron chi connectivity index (χ4n) is 3.62. The van der Waals surface area contributed by atoms with E-state index in [4.69, 9.17) is 0 Å². The predicted octanol–water partition coefficient (Wildman–Crippen LogP) is 5.74. The van der Waals surface area contributed by atoms with Crippen LogP contribution in [0.1, 0.15) is 110 Å². The van der Waals surface area contributed by atoms with Gasteiger partial charge in [0.05, 0.1) is 11.4 Å². The third kappa shape index (κ3) is 10.6. The molecule has 138 valence electrons. The van der Waals surface area contributed by atoms with Crippen molar-refractivity contribution in [2.75, 3.05) is 5.75 Å². The molecule has 23 heavy (non-hydrogen) atoms. The standard InChI is InChI=1S/C20H40O2S/c1-2-3-4-5-6-7-8-9-10-11-12-15-18-23(22)20-17-14-13-16-19(20)21/h19-21H,2-18H2,1H3/t19-,20-,23-/m0/s1. The Hall–Kier alpha value is 0.110. The molecule has 1 aliphatic carbocycles. The minimum atomic E-state index is -0.801. The molecule has 0 aromatic rings. The number of aliphatic hydroxyl groups excluding tert-OH is 1. The predicted molar refractivity (Wildman–Crippen MR) is 102 cm³/mol. The van der Waals surface area contributed by atoms with Crippen LogP contribution in [-0.4, -0.2) is 26.4 Å². The molecule has 1 fully saturated rings. The molecule has 3 heteroatoms. The second-order valence-electron chi connectivity index (χ2n) is 7.36. The van der Waals surface area contributed by atoms with Crippen LogP contribution in [0.3, 0.4) is 0 Å². The quantitative estimate of drug-likeness (QED) is 0.408. The summed E-state index contributed by atoms with van der Waals surface area (Å²) >= 11 is 0. The van der Waals surface area contributed by atoms with Crippen LogP contribution in [-0.2, 0) is 10.8 Å². The van der Waals surface area contributed by atoms with Gasteiger partial charge in [-0.1, -0.05) is 90.4 Å². The summed E-state index contributed by atoms with van der Waals surface area (Å²) in [6, 6.07) is 0. The fourth-order valence-corrected chi connectivity index (χ4v) is 5.33. The van der Waals surface area contributed by atoms with Crippen LogP contribution in [0.5, 0.6) is 0 Å². The summed E-state index contributed by atoms with van der Waals surface area (Å²) in [6.45, 7) is 2.27. The molecule has 1 N–H and O–H groups in total. The van der Waals surface area contributed by atoms with Crippen molar-refractivity contribution >= 4 is 10.8 Å². The second kappa shape index (κ2) is 14.5. The van der Waals surface area contributed by atoms with Crippen LogP contribution in [0.4, 0.5) is 0 Å². The lowest BCUT2D eigenvalue weighted by atomic mass is 9.97. The highest BCUT2D eigenvalue weighted by Gasteiger charge is 2.27. The summed E-state index contributed by atoms with van der Waals surface area (Å²) in [5.41, 5.74) is 0. The second-order valence-corrected chi connectivity index (χ2v) is 9.14. The fraction of sp³-hybridized carbons (Fsp3) is 1.00. The summed E-state index contributed by atoms with van der Waals surface area (Å²) in [6.07, 6.45) is 19.9. The van der Waals surface area contributed by atoms with E-state index in [-0.39, 0.29) is 11.4 Å². The monoisotopic (exact) mass is 344 g/mol. The van der Waals surface area contributed by atoms with Crippen molar-refractivity contribution in [3.05, 3.63) is 0 Å². The van der Waals surface area contributed by atoms with Crippen LogP contribution < -0.4 is 0 Å². The number of unbranched alkanes of at least 4 members (excludes halogenated alkanes) is 11. The van der Waals surface area contributed by atoms with Crippen LogP contribution in [0, 0.1) is 0 Å². The van der Waals surface area contributed by atoms with E-state index in [9.17, 15) is 9.32 Å². The molecule has 0 aliphatic heterocycles. The third-order valence-corrected chi connectivity index (χ3v) is 7.12. The highest BCUT2D eigenvalue weighted by atomic mass is 32.2. The first-order chi connectivity index (χ1) is 11.3. The molecule has 0 bridgehead atoms. The van der Waals surface area contributed by atoms with Crippen LogP contribution >= 0.6 is 0 Å². The Bertz CT molecular complexity index is 293. The van der Waals surface area contributed by atoms with Crippen LogP contribution in [0.2, 0.25) is 0 Å². The van der Waals surface area contributed by atoms with E-state index in [1.807, 2.05) is 0 Å². The Morgan fingerprint density at radius 1 is 0.783 bits per heavy atom. The minimum Gasteiger partial charge on any atom is -0.392 e. The van der Waals surface area contributed by atoms with Gasteiger partial charge >= 0.3 is 0 Å². The third-order valence-electron chi connectivity index (χ3n) is 5.20. The van der Waals surface area contributed by atoms with Gasteiger partial charge in [-0.3, -0.25) is 4.21 Å². The largest absolute Gasteiger partial charge is 0.392 e. The molecule has 0 heterocycles. The van der Waals surface area contributed by atoms with Crippen molar-refractivity contribution in [2.24, 2.45) is 0 Å². The zero-order valence-electron chi connectivity index (χ0n) is 15.4. The normalized spacial score (nSPS) is 23.0. The van der Waals surface area contributed by atoms with Crippen LogP contribution in [0.15, 0.2) is 0 Å². The van der Waals surface area contributed by atoms with E-state index in [2.05, 4.69) is 6.92 Å². The molecule has 0 aromatic heterocycles. The smallest absolute Gasteiger partial charge is 0.0683 e. The van der Waals surface area contributed by atoms with Gasteiger partial charge in [0.25, 0.3) is 0 Å². The molecule has 3 atom stereocenters. The Morgan fingerprint density at radius 2 is 1.26 bits per heavy atom. The summed E-state index contributed by atoms with van der Waals surface area (Å²) in [7, 11) is -0.801. The van der Waals surface area contributed by atoms with E-state index >= 15 is 0 Å². The molecule has 0 radical (unpaired) electrons. The molecular formula is C20H40O2S. The molecular weight excluding hydrogens is 304 g/mol. The number of hydrogen-bond donors (Lipinski definition) is 1. The molecule has 1 rings (SSSR count). The zero-order valence-corrected chi connectivity index (χ0v) is 16.3. The van der Waals surface area contributed by atoms with Crippen molar-refractivity contribution < 1.29 is 9.32 Å². The maximum absolute atomic E-state index is 12.2. The summed E-state index contributed by atoms with van der Waals surface area (Å²) in [4.78, 5) is 0. The lowest BCUT2D eigenvalue weighted by Crippen LogP contribution is -2.34. The molecule has 1 saturated carbocycles. The van der Waals surface area contributed by atoms with Gasteiger partial charge in [-0.2, -0.15) is 0 Å². The summed E-state index contributed by atoms with van der Waals surface area (Å²) in [5.74, 6) is 0.805. The van der Waals surface area contributed by atoms with E-state index in [1.165, 1.54) is 70.6 Å². The van der Waals surface area contributed by atoms with E-state index in [1.54, 1.807) is 0 Å². The summed E-state index contributed by atoms with van der Waals surface area (Å²) in [5, 5.41) is 10.0. The molecule has 0 saturated heterocycles. The van der Waals surface area contributed by atoms with Gasteiger partial charge in [0.2, 0.25) is 0 Å². The lowest BCUT2D eigenvalue weighted by Gasteiger charge is -2.26.